The number of sulfone groups is 1. The van der Waals surface area contributed by atoms with Crippen LogP contribution in [0.25, 0.3) is 5.69 Å². The van der Waals surface area contributed by atoms with Crippen LogP contribution < -0.4 is 0 Å². The molecule has 0 spiro atoms. The number of carbonyl (C=O) groups excluding carboxylic acids is 1. The van der Waals surface area contributed by atoms with Crippen molar-refractivity contribution < 1.29 is 13.2 Å². The van der Waals surface area contributed by atoms with Gasteiger partial charge in [0.05, 0.1) is 29.0 Å². The molecular weight excluding hydrogens is 350 g/mol. The predicted molar refractivity (Wildman–Crippen MR) is 101 cm³/mol. The number of rotatable bonds is 6. The summed E-state index contributed by atoms with van der Waals surface area (Å²) in [6, 6.07) is 7.61. The molecule has 0 bridgehead atoms. The Morgan fingerprint density at radius 3 is 2.77 bits per heavy atom. The van der Waals surface area contributed by atoms with E-state index in [9.17, 15) is 13.2 Å². The highest BCUT2D eigenvalue weighted by atomic mass is 32.2. The lowest BCUT2D eigenvalue weighted by Gasteiger charge is -2.27. The molecule has 1 atom stereocenters. The van der Waals surface area contributed by atoms with Crippen LogP contribution in [0.4, 0.5) is 0 Å². The van der Waals surface area contributed by atoms with Crippen molar-refractivity contribution >= 4 is 15.7 Å². The maximum Gasteiger partial charge on any atom is 0.257 e. The van der Waals surface area contributed by atoms with E-state index in [-0.39, 0.29) is 23.5 Å². The van der Waals surface area contributed by atoms with Crippen molar-refractivity contribution in [3.05, 3.63) is 47.8 Å². The zero-order valence-corrected chi connectivity index (χ0v) is 16.1. The summed E-state index contributed by atoms with van der Waals surface area (Å²) in [7, 11) is -3.04. The number of nitrogens with zero attached hydrogens (tertiary/aromatic N) is 3. The third kappa shape index (κ3) is 3.98. The highest BCUT2D eigenvalue weighted by Gasteiger charge is 2.35. The predicted octanol–water partition coefficient (Wildman–Crippen LogP) is 2.61. The average Bonchev–Trinajstić information content (AvgIpc) is 3.22. The number of aromatic nitrogens is 2. The van der Waals surface area contributed by atoms with E-state index in [0.717, 1.165) is 24.1 Å². The summed E-state index contributed by atoms with van der Waals surface area (Å²) in [5, 5.41) is 4.34. The Morgan fingerprint density at radius 1 is 1.35 bits per heavy atom. The number of carbonyl (C=O) groups is 1. The molecule has 0 radical (unpaired) electrons. The average molecular weight is 375 g/mol. The molecular formula is C19H25N3O3S. The lowest BCUT2D eigenvalue weighted by molar-refractivity contribution is 0.0694. The summed E-state index contributed by atoms with van der Waals surface area (Å²) < 4.78 is 25.4. The molecule has 6 nitrogen and oxygen atoms in total. The first kappa shape index (κ1) is 18.6. The molecule has 1 unspecified atom stereocenters. The first-order chi connectivity index (χ1) is 12.4. The maximum atomic E-state index is 13.1. The Kier molecular flexibility index (Phi) is 5.46. The lowest BCUT2D eigenvalue weighted by atomic mass is 10.1. The molecule has 7 heteroatoms. The molecule has 0 N–H and O–H groups in total. The van der Waals surface area contributed by atoms with Crippen molar-refractivity contribution in [3.8, 4) is 5.69 Å². The van der Waals surface area contributed by atoms with Crippen molar-refractivity contribution in [2.24, 2.45) is 0 Å². The summed E-state index contributed by atoms with van der Waals surface area (Å²) in [4.78, 5) is 14.8. The Hall–Kier alpha value is -2.15. The molecule has 2 aromatic rings. The van der Waals surface area contributed by atoms with Gasteiger partial charge in [-0.05, 0) is 31.4 Å². The third-order valence-corrected chi connectivity index (χ3v) is 6.60. The van der Waals surface area contributed by atoms with E-state index in [1.807, 2.05) is 31.2 Å². The van der Waals surface area contributed by atoms with Gasteiger partial charge >= 0.3 is 0 Å². The van der Waals surface area contributed by atoms with Gasteiger partial charge in [0.15, 0.2) is 9.84 Å². The third-order valence-electron chi connectivity index (χ3n) is 4.85. The molecule has 1 aliphatic rings. The Labute approximate surface area is 154 Å². The van der Waals surface area contributed by atoms with Crippen LogP contribution in [0.1, 0.15) is 42.1 Å². The van der Waals surface area contributed by atoms with E-state index in [4.69, 9.17) is 0 Å². The van der Waals surface area contributed by atoms with Crippen molar-refractivity contribution in [1.29, 1.82) is 0 Å². The summed E-state index contributed by atoms with van der Waals surface area (Å²) in [5.74, 6) is 0.0881. The van der Waals surface area contributed by atoms with Crippen LogP contribution in [0.2, 0.25) is 0 Å². The van der Waals surface area contributed by atoms with Gasteiger partial charge in [-0.15, -0.1) is 0 Å². The van der Waals surface area contributed by atoms with Crippen molar-refractivity contribution in [2.75, 3.05) is 18.1 Å². The molecule has 2 heterocycles. The topological polar surface area (TPSA) is 72.3 Å². The second-order valence-electron chi connectivity index (χ2n) is 6.87. The lowest BCUT2D eigenvalue weighted by Crippen LogP contribution is -2.41. The molecule has 26 heavy (non-hydrogen) atoms. The Morgan fingerprint density at radius 2 is 2.12 bits per heavy atom. The molecule has 1 amide bonds. The molecule has 1 aliphatic heterocycles. The quantitative estimate of drug-likeness (QED) is 0.778. The molecule has 1 aromatic heterocycles. The van der Waals surface area contributed by atoms with Gasteiger partial charge < -0.3 is 4.90 Å². The molecule has 1 aromatic carbocycles. The zero-order chi connectivity index (χ0) is 18.7. The van der Waals surface area contributed by atoms with Crippen LogP contribution in [0.5, 0.6) is 0 Å². The van der Waals surface area contributed by atoms with Crippen molar-refractivity contribution in [2.45, 2.75) is 39.2 Å². The minimum atomic E-state index is -3.04. The fourth-order valence-corrected chi connectivity index (χ4v) is 5.08. The van der Waals surface area contributed by atoms with E-state index in [1.165, 1.54) is 0 Å². The van der Waals surface area contributed by atoms with Crippen LogP contribution in [0.3, 0.4) is 0 Å². The fourth-order valence-electron chi connectivity index (χ4n) is 3.35. The molecule has 0 saturated carbocycles. The number of hydrogen-bond donors (Lipinski definition) is 0. The number of benzene rings is 1. The summed E-state index contributed by atoms with van der Waals surface area (Å²) >= 11 is 0. The minimum absolute atomic E-state index is 0.0639. The van der Waals surface area contributed by atoms with E-state index in [2.05, 4.69) is 12.0 Å². The smallest absolute Gasteiger partial charge is 0.257 e. The van der Waals surface area contributed by atoms with E-state index in [1.54, 1.807) is 22.0 Å². The number of para-hydroxylation sites is 1. The van der Waals surface area contributed by atoms with Crippen LogP contribution in [-0.2, 0) is 9.84 Å². The SMILES string of the molecule is CCCCN(C(=O)c1cnn(-c2ccccc2C)c1)C1CCS(=O)(=O)C1. The summed E-state index contributed by atoms with van der Waals surface area (Å²) in [6.07, 6.45) is 5.62. The highest BCUT2D eigenvalue weighted by molar-refractivity contribution is 7.91. The minimum Gasteiger partial charge on any atom is -0.335 e. The van der Waals surface area contributed by atoms with Gasteiger partial charge in [-0.3, -0.25) is 4.79 Å². The van der Waals surface area contributed by atoms with Gasteiger partial charge in [0, 0.05) is 18.8 Å². The van der Waals surface area contributed by atoms with Gasteiger partial charge in [0.25, 0.3) is 5.91 Å². The second-order valence-corrected chi connectivity index (χ2v) is 9.10. The number of unbranched alkanes of at least 4 members (excludes halogenated alkanes) is 1. The summed E-state index contributed by atoms with van der Waals surface area (Å²) in [6.45, 7) is 4.63. The number of amides is 1. The fraction of sp³-hybridized carbons (Fsp3) is 0.474. The van der Waals surface area contributed by atoms with Gasteiger partial charge in [-0.2, -0.15) is 5.10 Å². The molecule has 3 rings (SSSR count). The molecule has 1 saturated heterocycles. The van der Waals surface area contributed by atoms with Crippen LogP contribution in [0.15, 0.2) is 36.7 Å². The second kappa shape index (κ2) is 7.61. The van der Waals surface area contributed by atoms with E-state index in [0.29, 0.717) is 18.5 Å². The number of hydrogen-bond acceptors (Lipinski definition) is 4. The largest absolute Gasteiger partial charge is 0.335 e. The van der Waals surface area contributed by atoms with Crippen LogP contribution >= 0.6 is 0 Å². The molecule has 140 valence electrons. The monoisotopic (exact) mass is 375 g/mol. The summed E-state index contributed by atoms with van der Waals surface area (Å²) in [5.41, 5.74) is 2.49. The highest BCUT2D eigenvalue weighted by Crippen LogP contribution is 2.21. The van der Waals surface area contributed by atoms with Crippen LogP contribution in [0, 0.1) is 6.92 Å². The van der Waals surface area contributed by atoms with Crippen LogP contribution in [-0.4, -0.2) is 53.1 Å². The first-order valence-electron chi connectivity index (χ1n) is 9.03. The van der Waals surface area contributed by atoms with E-state index < -0.39 is 9.84 Å². The zero-order valence-electron chi connectivity index (χ0n) is 15.3. The Bertz CT molecular complexity index is 889. The Balaban J connectivity index is 1.84. The molecule has 0 aliphatic carbocycles. The molecule has 1 fully saturated rings. The van der Waals surface area contributed by atoms with E-state index >= 15 is 0 Å². The maximum absolute atomic E-state index is 13.1. The first-order valence-corrected chi connectivity index (χ1v) is 10.9. The number of aryl methyl sites for hydroxylation is 1. The van der Waals surface area contributed by atoms with Gasteiger partial charge in [0.1, 0.15) is 0 Å². The van der Waals surface area contributed by atoms with Gasteiger partial charge in [-0.25, -0.2) is 13.1 Å². The van der Waals surface area contributed by atoms with Crippen molar-refractivity contribution in [3.63, 3.8) is 0 Å². The van der Waals surface area contributed by atoms with Crippen molar-refractivity contribution in [1.82, 2.24) is 14.7 Å². The standard InChI is InChI=1S/C19H25N3O3S/c1-3-4-10-21(17-9-11-26(24,25)14-17)19(23)16-12-20-22(13-16)18-8-6-5-7-15(18)2/h5-8,12-13,17H,3-4,9-11,14H2,1-2H3. The normalized spacial score (nSPS) is 18.8. The van der Waals surface area contributed by atoms with Gasteiger partial charge in [0.2, 0.25) is 0 Å². The van der Waals surface area contributed by atoms with Gasteiger partial charge in [-0.1, -0.05) is 31.5 Å².